The Balaban J connectivity index is 4.23. The van der Waals surface area contributed by atoms with Crippen LogP contribution in [-0.4, -0.2) is 75.5 Å². The number of carbonyl (C=O) groups is 3. The quantitative estimate of drug-likeness (QED) is 0.0260. The van der Waals surface area contributed by atoms with E-state index in [2.05, 4.69) is 38.2 Å². The van der Waals surface area contributed by atoms with Crippen molar-refractivity contribution < 1.29 is 38.2 Å². The van der Waals surface area contributed by atoms with Crippen LogP contribution in [0.25, 0.3) is 0 Å². The topological polar surface area (TPSA) is 102 Å². The standard InChI is InChI=1S/C53H99NO7/c1-6-8-10-12-14-16-18-20-22-24-25-26-27-28-30-32-34-36-38-40-42-44-52(56)61-49(47-59-46-45-50(53(57)58)54(3,4)5)48-60-51(55)43-41-39-37-35-33-31-29-23-21-19-17-15-13-11-9-7-2/h23-25,29,49-50H,6-22,26-28,30-48H2,1-5H3/b25-24-,29-23-. The zero-order chi connectivity index (χ0) is 44.9. The third-order valence-electron chi connectivity index (χ3n) is 11.8. The second-order valence-electron chi connectivity index (χ2n) is 18.8. The minimum atomic E-state index is -1.12. The fraction of sp³-hybridized carbons (Fsp3) is 0.868. The van der Waals surface area contributed by atoms with Gasteiger partial charge in [0.1, 0.15) is 12.6 Å². The Hall–Kier alpha value is -2.19. The van der Waals surface area contributed by atoms with Crippen LogP contribution in [0.1, 0.15) is 245 Å². The summed E-state index contributed by atoms with van der Waals surface area (Å²) >= 11 is 0. The van der Waals surface area contributed by atoms with Crippen LogP contribution in [-0.2, 0) is 28.6 Å². The van der Waals surface area contributed by atoms with Gasteiger partial charge in [0.05, 0.1) is 40.3 Å². The Kier molecular flexibility index (Phi) is 42.8. The van der Waals surface area contributed by atoms with Gasteiger partial charge in [-0.05, 0) is 64.2 Å². The van der Waals surface area contributed by atoms with Gasteiger partial charge in [-0.2, -0.15) is 0 Å². The SMILES string of the molecule is CCCCCCCCC/C=C\CCCCCCCC(=O)OCC(COCCC(C(=O)[O-])[N+](C)(C)C)OC(=O)CCCCCCCCCCC/C=C\CCCCCCCCCC. The van der Waals surface area contributed by atoms with Crippen LogP contribution >= 0.6 is 0 Å². The molecule has 0 bridgehead atoms. The van der Waals surface area contributed by atoms with Crippen LogP contribution in [0.4, 0.5) is 0 Å². The fourth-order valence-corrected chi connectivity index (χ4v) is 7.77. The predicted molar refractivity (Wildman–Crippen MR) is 254 cm³/mol. The van der Waals surface area contributed by atoms with E-state index in [1.807, 2.05) is 0 Å². The number of esters is 2. The highest BCUT2D eigenvalue weighted by Gasteiger charge is 2.25. The molecule has 0 spiro atoms. The van der Waals surface area contributed by atoms with Crippen LogP contribution in [0, 0.1) is 0 Å². The van der Waals surface area contributed by atoms with Crippen LogP contribution in [0.3, 0.4) is 0 Å². The minimum Gasteiger partial charge on any atom is -0.544 e. The zero-order valence-electron chi connectivity index (χ0n) is 40.8. The van der Waals surface area contributed by atoms with E-state index in [0.29, 0.717) is 12.8 Å². The van der Waals surface area contributed by atoms with E-state index in [9.17, 15) is 19.5 Å². The van der Waals surface area contributed by atoms with Crippen molar-refractivity contribution in [1.82, 2.24) is 0 Å². The first-order valence-electron chi connectivity index (χ1n) is 25.9. The van der Waals surface area contributed by atoms with Crippen LogP contribution in [0.2, 0.25) is 0 Å². The average Bonchev–Trinajstić information content (AvgIpc) is 3.22. The Morgan fingerprint density at radius 3 is 1.18 bits per heavy atom. The Morgan fingerprint density at radius 2 is 0.820 bits per heavy atom. The highest BCUT2D eigenvalue weighted by molar-refractivity contribution is 5.70. The maximum absolute atomic E-state index is 12.8. The van der Waals surface area contributed by atoms with Gasteiger partial charge >= 0.3 is 11.9 Å². The Labute approximate surface area is 377 Å². The summed E-state index contributed by atoms with van der Waals surface area (Å²) in [6, 6.07) is -0.725. The van der Waals surface area contributed by atoms with Gasteiger partial charge in [-0.25, -0.2) is 0 Å². The summed E-state index contributed by atoms with van der Waals surface area (Å²) in [6.07, 6.45) is 50.6. The number of ether oxygens (including phenoxy) is 3. The molecule has 0 saturated heterocycles. The van der Waals surface area contributed by atoms with Crippen molar-refractivity contribution in [3.63, 3.8) is 0 Å². The molecule has 2 unspecified atom stereocenters. The van der Waals surface area contributed by atoms with Crippen molar-refractivity contribution in [3.8, 4) is 0 Å². The van der Waals surface area contributed by atoms with E-state index in [0.717, 1.165) is 51.4 Å². The summed E-state index contributed by atoms with van der Waals surface area (Å²) in [4.78, 5) is 37.0. The summed E-state index contributed by atoms with van der Waals surface area (Å²) in [6.45, 7) is 4.68. The lowest BCUT2D eigenvalue weighted by molar-refractivity contribution is -0.889. The number of hydrogen-bond acceptors (Lipinski definition) is 7. The molecule has 0 aromatic carbocycles. The Morgan fingerprint density at radius 1 is 0.475 bits per heavy atom. The lowest BCUT2D eigenvalue weighted by atomic mass is 10.1. The lowest BCUT2D eigenvalue weighted by Gasteiger charge is -2.34. The molecule has 8 heteroatoms. The third kappa shape index (κ3) is 42.9. The highest BCUT2D eigenvalue weighted by atomic mass is 16.6. The molecule has 0 aliphatic carbocycles. The maximum Gasteiger partial charge on any atom is 0.306 e. The van der Waals surface area contributed by atoms with E-state index in [-0.39, 0.29) is 42.7 Å². The van der Waals surface area contributed by atoms with Crippen molar-refractivity contribution in [1.29, 1.82) is 0 Å². The molecular weight excluding hydrogens is 763 g/mol. The number of quaternary nitrogens is 1. The molecule has 0 N–H and O–H groups in total. The number of rotatable bonds is 47. The number of carbonyl (C=O) groups excluding carboxylic acids is 3. The number of carboxylic acid groups (broad SMARTS) is 1. The molecule has 8 nitrogen and oxygen atoms in total. The largest absolute Gasteiger partial charge is 0.544 e. The van der Waals surface area contributed by atoms with Crippen LogP contribution in [0.5, 0.6) is 0 Å². The predicted octanol–water partition coefficient (Wildman–Crippen LogP) is 13.5. The van der Waals surface area contributed by atoms with E-state index in [1.54, 1.807) is 21.1 Å². The maximum atomic E-state index is 12.8. The number of carboxylic acids is 1. The van der Waals surface area contributed by atoms with Crippen LogP contribution < -0.4 is 5.11 Å². The van der Waals surface area contributed by atoms with Crippen LogP contribution in [0.15, 0.2) is 24.3 Å². The molecule has 0 saturated carbocycles. The van der Waals surface area contributed by atoms with Crippen molar-refractivity contribution in [2.45, 2.75) is 257 Å². The first-order chi connectivity index (χ1) is 29.6. The molecule has 0 heterocycles. The van der Waals surface area contributed by atoms with Crippen molar-refractivity contribution in [3.05, 3.63) is 24.3 Å². The number of likely N-dealkylation sites (N-methyl/N-ethyl adjacent to an activating group) is 1. The summed E-state index contributed by atoms with van der Waals surface area (Å²) in [5, 5.41) is 11.7. The first-order valence-corrected chi connectivity index (χ1v) is 25.9. The van der Waals surface area contributed by atoms with Crippen molar-refractivity contribution in [2.75, 3.05) is 41.0 Å². The molecule has 2 atom stereocenters. The summed E-state index contributed by atoms with van der Waals surface area (Å²) in [7, 11) is 5.42. The van der Waals surface area contributed by atoms with Gasteiger partial charge in [0.15, 0.2) is 6.10 Å². The molecule has 358 valence electrons. The van der Waals surface area contributed by atoms with E-state index in [1.165, 1.54) is 161 Å². The summed E-state index contributed by atoms with van der Waals surface area (Å²) in [5.41, 5.74) is 0. The zero-order valence-corrected chi connectivity index (χ0v) is 40.8. The van der Waals surface area contributed by atoms with Crippen molar-refractivity contribution >= 4 is 17.9 Å². The number of hydrogen-bond donors (Lipinski definition) is 0. The average molecular weight is 862 g/mol. The van der Waals surface area contributed by atoms with Crippen molar-refractivity contribution in [2.24, 2.45) is 0 Å². The van der Waals surface area contributed by atoms with E-state index >= 15 is 0 Å². The van der Waals surface area contributed by atoms with Gasteiger partial charge in [0.2, 0.25) is 0 Å². The molecule has 0 aliphatic rings. The van der Waals surface area contributed by atoms with E-state index in [4.69, 9.17) is 14.2 Å². The highest BCUT2D eigenvalue weighted by Crippen LogP contribution is 2.15. The molecule has 0 aromatic rings. The first kappa shape index (κ1) is 58.8. The molecule has 0 rings (SSSR count). The molecule has 0 aromatic heterocycles. The molecule has 0 aliphatic heterocycles. The van der Waals surface area contributed by atoms with Gasteiger partial charge in [-0.15, -0.1) is 0 Å². The van der Waals surface area contributed by atoms with Gasteiger partial charge in [0, 0.05) is 19.3 Å². The number of allylic oxidation sites excluding steroid dienone is 4. The summed E-state index contributed by atoms with van der Waals surface area (Å²) in [5.74, 6) is -1.73. The second kappa shape index (κ2) is 44.4. The number of aliphatic carboxylic acids is 1. The van der Waals surface area contributed by atoms with Gasteiger partial charge in [0.25, 0.3) is 0 Å². The minimum absolute atomic E-state index is 0.0407. The fourth-order valence-electron chi connectivity index (χ4n) is 7.77. The number of unbranched alkanes of at least 4 members (excludes halogenated alkanes) is 29. The summed E-state index contributed by atoms with van der Waals surface area (Å²) < 4.78 is 17.2. The van der Waals surface area contributed by atoms with E-state index < -0.39 is 18.1 Å². The van der Waals surface area contributed by atoms with Gasteiger partial charge in [-0.3, -0.25) is 9.59 Å². The normalized spacial score (nSPS) is 13.0. The lowest BCUT2D eigenvalue weighted by Crippen LogP contribution is -2.55. The molecule has 0 radical (unpaired) electrons. The Bertz CT molecular complexity index is 1050. The second-order valence-corrected chi connectivity index (χ2v) is 18.8. The molecular formula is C53H99NO7. The smallest absolute Gasteiger partial charge is 0.306 e. The molecule has 0 fully saturated rings. The molecule has 0 amide bonds. The molecule has 61 heavy (non-hydrogen) atoms. The van der Waals surface area contributed by atoms with Gasteiger partial charge in [-0.1, -0.05) is 186 Å². The third-order valence-corrected chi connectivity index (χ3v) is 11.8. The number of nitrogens with zero attached hydrogens (tertiary/aromatic N) is 1. The van der Waals surface area contributed by atoms with Gasteiger partial charge < -0.3 is 28.6 Å². The monoisotopic (exact) mass is 862 g/mol.